The van der Waals surface area contributed by atoms with Crippen molar-refractivity contribution in [2.45, 2.75) is 17.9 Å². The minimum absolute atomic E-state index is 0.0407. The van der Waals surface area contributed by atoms with Crippen molar-refractivity contribution >= 4 is 10.0 Å². The molecule has 0 fully saturated rings. The summed E-state index contributed by atoms with van der Waals surface area (Å²) in [6, 6.07) is 9.90. The van der Waals surface area contributed by atoms with Gasteiger partial charge < -0.3 is 4.42 Å². The molecule has 4 rings (SSSR count). The van der Waals surface area contributed by atoms with Gasteiger partial charge in [0.25, 0.3) is 5.89 Å². The van der Waals surface area contributed by atoms with Gasteiger partial charge in [-0.3, -0.25) is 0 Å². The number of aromatic nitrogens is 6. The number of nitrogens with zero attached hydrogens (tertiary/aromatic N) is 7. The van der Waals surface area contributed by atoms with Crippen molar-refractivity contribution in [1.29, 1.82) is 0 Å². The first-order chi connectivity index (χ1) is 15.6. The number of sulfonamides is 1. The second-order valence-electron chi connectivity index (χ2n) is 7.02. The van der Waals surface area contributed by atoms with E-state index in [1.807, 2.05) is 0 Å². The van der Waals surface area contributed by atoms with E-state index in [1.54, 1.807) is 24.3 Å². The van der Waals surface area contributed by atoms with Crippen LogP contribution in [0.4, 0.5) is 13.2 Å². The highest BCUT2D eigenvalue weighted by Gasteiger charge is 2.21. The molecule has 10 nitrogen and oxygen atoms in total. The molecule has 2 heterocycles. The highest BCUT2D eigenvalue weighted by Crippen LogP contribution is 2.25. The van der Waals surface area contributed by atoms with Crippen LogP contribution in [0.25, 0.3) is 22.8 Å². The highest BCUT2D eigenvalue weighted by atomic mass is 32.2. The monoisotopic (exact) mass is 479 g/mol. The van der Waals surface area contributed by atoms with Crippen LogP contribution in [-0.2, 0) is 16.6 Å². The van der Waals surface area contributed by atoms with Crippen molar-refractivity contribution in [3.8, 4) is 22.8 Å². The number of alkyl halides is 2. The van der Waals surface area contributed by atoms with Gasteiger partial charge in [0, 0.05) is 19.7 Å². The quantitative estimate of drug-likeness (QED) is 0.397. The topological polar surface area (TPSA) is 120 Å². The van der Waals surface area contributed by atoms with Crippen LogP contribution in [0, 0.1) is 5.82 Å². The Bertz CT molecular complexity index is 1390. The van der Waals surface area contributed by atoms with Gasteiger partial charge in [-0.2, -0.15) is 13.6 Å². The smallest absolute Gasteiger partial charge is 0.314 e. The van der Waals surface area contributed by atoms with Crippen LogP contribution in [-0.4, -0.2) is 57.2 Å². The Balaban J connectivity index is 1.54. The van der Waals surface area contributed by atoms with E-state index in [1.165, 1.54) is 18.9 Å². The molecule has 0 spiro atoms. The molecule has 172 valence electrons. The lowest BCUT2D eigenvalue weighted by molar-refractivity contribution is 0.116. The highest BCUT2D eigenvalue weighted by molar-refractivity contribution is 7.89. The van der Waals surface area contributed by atoms with Crippen LogP contribution in [0.15, 0.2) is 51.8 Å². The Morgan fingerprint density at radius 3 is 2.42 bits per heavy atom. The molecular weight excluding hydrogens is 463 g/mol. The van der Waals surface area contributed by atoms with Crippen molar-refractivity contribution in [3.05, 3.63) is 59.7 Å². The molecule has 0 N–H and O–H groups in total. The molecule has 0 aliphatic rings. The fourth-order valence-electron chi connectivity index (χ4n) is 2.82. The number of halogens is 3. The number of rotatable bonds is 7. The third kappa shape index (κ3) is 4.61. The molecule has 0 atom stereocenters. The number of hydrogen-bond acceptors (Lipinski definition) is 8. The van der Waals surface area contributed by atoms with Crippen molar-refractivity contribution < 1.29 is 26.0 Å². The lowest BCUT2D eigenvalue weighted by atomic mass is 10.1. The molecular formula is C19H16F3N7O3S. The molecule has 14 heteroatoms. The molecule has 33 heavy (non-hydrogen) atoms. The predicted molar refractivity (Wildman–Crippen MR) is 108 cm³/mol. The fourth-order valence-corrected chi connectivity index (χ4v) is 3.75. The van der Waals surface area contributed by atoms with E-state index in [0.717, 1.165) is 28.1 Å². The maximum atomic E-state index is 14.3. The predicted octanol–water partition coefficient (Wildman–Crippen LogP) is 2.77. The van der Waals surface area contributed by atoms with Crippen molar-refractivity contribution in [1.82, 2.24) is 34.7 Å². The fraction of sp³-hybridized carbons (Fsp3) is 0.211. The Kier molecular flexibility index (Phi) is 5.95. The van der Waals surface area contributed by atoms with Gasteiger partial charge in [-0.05, 0) is 41.1 Å². The van der Waals surface area contributed by atoms with E-state index >= 15 is 0 Å². The van der Waals surface area contributed by atoms with E-state index < -0.39 is 28.2 Å². The molecule has 0 saturated heterocycles. The van der Waals surface area contributed by atoms with Crippen molar-refractivity contribution in [2.24, 2.45) is 0 Å². The first-order valence-corrected chi connectivity index (χ1v) is 10.8. The molecule has 4 aromatic rings. The maximum Gasteiger partial charge on any atom is 0.314 e. The maximum absolute atomic E-state index is 14.3. The molecule has 0 aliphatic heterocycles. The molecule has 0 saturated carbocycles. The summed E-state index contributed by atoms with van der Waals surface area (Å²) < 4.78 is 70.1. The van der Waals surface area contributed by atoms with Gasteiger partial charge in [0.05, 0.1) is 17.0 Å². The van der Waals surface area contributed by atoms with Crippen molar-refractivity contribution in [2.75, 3.05) is 14.1 Å². The second-order valence-corrected chi connectivity index (χ2v) is 9.17. The summed E-state index contributed by atoms with van der Waals surface area (Å²) in [4.78, 5) is 1.10. The van der Waals surface area contributed by atoms with Crippen LogP contribution in [0.5, 0.6) is 0 Å². The normalized spacial score (nSPS) is 12.1. The van der Waals surface area contributed by atoms with E-state index in [-0.39, 0.29) is 28.7 Å². The first-order valence-electron chi connectivity index (χ1n) is 9.36. The van der Waals surface area contributed by atoms with Gasteiger partial charge in [-0.15, -0.1) is 20.4 Å². The minimum Gasteiger partial charge on any atom is -0.415 e. The van der Waals surface area contributed by atoms with Gasteiger partial charge in [0.2, 0.25) is 21.7 Å². The van der Waals surface area contributed by atoms with Gasteiger partial charge in [0.1, 0.15) is 5.82 Å². The molecule has 0 unspecified atom stereocenters. The van der Waals surface area contributed by atoms with E-state index in [2.05, 4.69) is 25.6 Å². The molecule has 0 amide bonds. The van der Waals surface area contributed by atoms with Crippen LogP contribution in [0.2, 0.25) is 0 Å². The van der Waals surface area contributed by atoms with E-state index in [9.17, 15) is 21.6 Å². The molecule has 2 aromatic carbocycles. The molecule has 0 aliphatic carbocycles. The number of tetrazole rings is 1. The SMILES string of the molecule is CN(C)S(=O)(=O)c1ccc(F)c(-c2nnn(Cc3ccc(-c4nnc(C(F)F)o4)cc3)n2)c1. The zero-order valence-corrected chi connectivity index (χ0v) is 18.0. The van der Waals surface area contributed by atoms with Gasteiger partial charge in [0.15, 0.2) is 0 Å². The summed E-state index contributed by atoms with van der Waals surface area (Å²) in [6.45, 7) is 0.163. The average Bonchev–Trinajstić information content (AvgIpc) is 3.44. The standard InChI is InChI=1S/C19H16F3N7O3S/c1-28(2)33(30,31)13-7-8-15(20)14(9-13)17-23-27-29(26-17)10-11-3-5-12(6-4-11)18-24-25-19(32-18)16(21)22/h3-9,16H,10H2,1-2H3. The van der Waals surface area contributed by atoms with E-state index in [0.29, 0.717) is 5.56 Å². The molecule has 0 radical (unpaired) electrons. The third-order valence-electron chi connectivity index (χ3n) is 4.56. The Hall–Kier alpha value is -3.65. The zero-order chi connectivity index (χ0) is 23.8. The Morgan fingerprint density at radius 2 is 1.79 bits per heavy atom. The molecule has 2 aromatic heterocycles. The summed E-state index contributed by atoms with van der Waals surface area (Å²) in [5, 5.41) is 18.7. The minimum atomic E-state index is -3.77. The van der Waals surface area contributed by atoms with Crippen LogP contribution >= 0.6 is 0 Å². The lowest BCUT2D eigenvalue weighted by Crippen LogP contribution is -2.22. The van der Waals surface area contributed by atoms with E-state index in [4.69, 9.17) is 4.42 Å². The van der Waals surface area contributed by atoms with Crippen LogP contribution < -0.4 is 0 Å². The summed E-state index contributed by atoms with van der Waals surface area (Å²) in [5.41, 5.74) is 1.07. The number of hydrogen-bond donors (Lipinski definition) is 0. The summed E-state index contributed by atoms with van der Waals surface area (Å²) >= 11 is 0. The summed E-state index contributed by atoms with van der Waals surface area (Å²) in [6.07, 6.45) is -2.85. The Morgan fingerprint density at radius 1 is 1.06 bits per heavy atom. The van der Waals surface area contributed by atoms with Gasteiger partial charge in [-0.1, -0.05) is 12.1 Å². The Labute approximate surface area is 185 Å². The third-order valence-corrected chi connectivity index (χ3v) is 6.37. The lowest BCUT2D eigenvalue weighted by Gasteiger charge is -2.11. The van der Waals surface area contributed by atoms with Crippen LogP contribution in [0.1, 0.15) is 17.9 Å². The first kappa shape index (κ1) is 22.5. The average molecular weight is 479 g/mol. The molecule has 0 bridgehead atoms. The van der Waals surface area contributed by atoms with Gasteiger partial charge >= 0.3 is 6.43 Å². The second kappa shape index (κ2) is 8.71. The van der Waals surface area contributed by atoms with Crippen molar-refractivity contribution in [3.63, 3.8) is 0 Å². The van der Waals surface area contributed by atoms with Crippen LogP contribution in [0.3, 0.4) is 0 Å². The summed E-state index contributed by atoms with van der Waals surface area (Å²) in [5.74, 6) is -1.58. The zero-order valence-electron chi connectivity index (χ0n) is 17.2. The number of benzene rings is 2. The summed E-state index contributed by atoms with van der Waals surface area (Å²) in [7, 11) is -1.03. The largest absolute Gasteiger partial charge is 0.415 e. The van der Waals surface area contributed by atoms with Gasteiger partial charge in [-0.25, -0.2) is 17.1 Å².